The van der Waals surface area contributed by atoms with Gasteiger partial charge < -0.3 is 14.7 Å². The summed E-state index contributed by atoms with van der Waals surface area (Å²) in [5.74, 6) is -0.742. The van der Waals surface area contributed by atoms with Gasteiger partial charge in [-0.1, -0.05) is 74.4 Å². The second-order valence-electron chi connectivity index (χ2n) is 8.00. The molecule has 0 aliphatic carbocycles. The van der Waals surface area contributed by atoms with Crippen LogP contribution in [0, 0.1) is 0 Å². The maximum absolute atomic E-state index is 13.2. The molecule has 3 aromatic rings. The molecule has 1 unspecified atom stereocenters. The lowest BCUT2D eigenvalue weighted by molar-refractivity contribution is -0.139. The number of likely N-dealkylation sites (tertiary alicyclic amines) is 1. The molecule has 1 fully saturated rings. The quantitative estimate of drug-likeness (QED) is 0.234. The third-order valence-electron chi connectivity index (χ3n) is 6.00. The number of amides is 1. The molecule has 0 spiro atoms. The second kappa shape index (κ2) is 9.27. The standard InChI is InChI=1S/C27H27NO4/c1-3-4-7-16-28-24(19-12-8-13-20(17-19)32-2)23(26(30)27(28)31)25(29)22-15-9-11-18-10-5-6-14-21(18)22/h5-6,8-15,17,24,29H,3-4,7,16H2,1-2H3/b25-23-. The minimum Gasteiger partial charge on any atom is -0.507 e. The average molecular weight is 430 g/mol. The SMILES string of the molecule is CCCCCN1C(=O)C(=O)/C(=C(\O)c2cccc3ccccc23)C1c1cccc(OC)c1. The van der Waals surface area contributed by atoms with Crippen LogP contribution in [0.25, 0.3) is 16.5 Å². The Balaban J connectivity index is 1.90. The monoisotopic (exact) mass is 429 g/mol. The number of nitrogens with zero attached hydrogens (tertiary/aromatic N) is 1. The molecule has 0 aromatic heterocycles. The van der Waals surface area contributed by atoms with E-state index in [2.05, 4.69) is 6.92 Å². The molecule has 32 heavy (non-hydrogen) atoms. The summed E-state index contributed by atoms with van der Waals surface area (Å²) >= 11 is 0. The van der Waals surface area contributed by atoms with Crippen molar-refractivity contribution in [3.63, 3.8) is 0 Å². The fourth-order valence-corrected chi connectivity index (χ4v) is 4.38. The van der Waals surface area contributed by atoms with E-state index >= 15 is 0 Å². The molecule has 4 rings (SSSR count). The molecule has 1 atom stereocenters. The zero-order chi connectivity index (χ0) is 22.7. The molecule has 1 aliphatic rings. The number of carbonyl (C=O) groups is 2. The minimum atomic E-state index is -0.666. The van der Waals surface area contributed by atoms with Crippen LogP contribution >= 0.6 is 0 Å². The van der Waals surface area contributed by atoms with Crippen LogP contribution in [0.1, 0.15) is 43.4 Å². The summed E-state index contributed by atoms with van der Waals surface area (Å²) in [7, 11) is 1.58. The number of ether oxygens (including phenoxy) is 1. The number of fused-ring (bicyclic) bond motifs is 1. The van der Waals surface area contributed by atoms with Crippen LogP contribution < -0.4 is 4.74 Å². The molecule has 1 N–H and O–H groups in total. The molecular weight excluding hydrogens is 402 g/mol. The third-order valence-corrected chi connectivity index (χ3v) is 6.00. The maximum atomic E-state index is 13.2. The Bertz CT molecular complexity index is 1190. The predicted molar refractivity (Wildman–Crippen MR) is 125 cm³/mol. The van der Waals surface area contributed by atoms with Crippen LogP contribution in [0.15, 0.2) is 72.3 Å². The molecule has 1 heterocycles. The first-order valence-electron chi connectivity index (χ1n) is 11.0. The smallest absolute Gasteiger partial charge is 0.295 e. The van der Waals surface area contributed by atoms with Crippen molar-refractivity contribution in [2.75, 3.05) is 13.7 Å². The molecule has 1 amide bonds. The van der Waals surface area contributed by atoms with Crippen molar-refractivity contribution in [2.45, 2.75) is 32.2 Å². The number of Topliss-reactive ketones (excluding diaryl/α,β-unsaturated/α-hetero) is 1. The number of aliphatic hydroxyl groups is 1. The van der Waals surface area contributed by atoms with Gasteiger partial charge in [-0.2, -0.15) is 0 Å². The van der Waals surface area contributed by atoms with Crippen LogP contribution in [-0.2, 0) is 9.59 Å². The number of aliphatic hydroxyl groups excluding tert-OH is 1. The van der Waals surface area contributed by atoms with Crippen molar-refractivity contribution in [3.05, 3.63) is 83.4 Å². The molecule has 1 aliphatic heterocycles. The van der Waals surface area contributed by atoms with Gasteiger partial charge in [0, 0.05) is 12.1 Å². The number of unbranched alkanes of at least 4 members (excludes halogenated alkanes) is 2. The number of carbonyl (C=O) groups excluding carboxylic acids is 2. The number of methoxy groups -OCH3 is 1. The molecule has 5 nitrogen and oxygen atoms in total. The Morgan fingerprint density at radius 1 is 1.00 bits per heavy atom. The topological polar surface area (TPSA) is 66.8 Å². The van der Waals surface area contributed by atoms with Crippen molar-refractivity contribution in [3.8, 4) is 5.75 Å². The van der Waals surface area contributed by atoms with E-state index in [0.717, 1.165) is 35.6 Å². The van der Waals surface area contributed by atoms with E-state index in [1.807, 2.05) is 60.7 Å². The summed E-state index contributed by atoms with van der Waals surface area (Å²) in [6.45, 7) is 2.54. The van der Waals surface area contributed by atoms with Crippen LogP contribution in [0.5, 0.6) is 5.75 Å². The molecule has 164 valence electrons. The largest absolute Gasteiger partial charge is 0.507 e. The molecule has 0 saturated carbocycles. The van der Waals surface area contributed by atoms with Gasteiger partial charge in [0.15, 0.2) is 0 Å². The highest BCUT2D eigenvalue weighted by atomic mass is 16.5. The summed E-state index contributed by atoms with van der Waals surface area (Å²) in [6.07, 6.45) is 2.75. The molecule has 1 saturated heterocycles. The van der Waals surface area contributed by atoms with Gasteiger partial charge in [0.2, 0.25) is 0 Å². The molecule has 3 aromatic carbocycles. The Labute approximate surface area is 187 Å². The van der Waals surface area contributed by atoms with E-state index in [9.17, 15) is 14.7 Å². The number of hydrogen-bond donors (Lipinski definition) is 1. The van der Waals surface area contributed by atoms with Gasteiger partial charge in [-0.05, 0) is 34.9 Å². The average Bonchev–Trinajstić information content (AvgIpc) is 3.08. The summed E-state index contributed by atoms with van der Waals surface area (Å²) < 4.78 is 5.37. The Hall–Kier alpha value is -3.60. The summed E-state index contributed by atoms with van der Waals surface area (Å²) in [5, 5.41) is 13.2. The number of rotatable bonds is 7. The van der Waals surface area contributed by atoms with Crippen LogP contribution in [0.3, 0.4) is 0 Å². The highest BCUT2D eigenvalue weighted by Crippen LogP contribution is 2.41. The lowest BCUT2D eigenvalue weighted by atomic mass is 9.93. The molecule has 0 radical (unpaired) electrons. The van der Waals surface area contributed by atoms with Crippen molar-refractivity contribution in [1.29, 1.82) is 0 Å². The first-order valence-corrected chi connectivity index (χ1v) is 11.0. The fraction of sp³-hybridized carbons (Fsp3) is 0.259. The Kier molecular flexibility index (Phi) is 6.26. The second-order valence-corrected chi connectivity index (χ2v) is 8.00. The summed E-state index contributed by atoms with van der Waals surface area (Å²) in [6, 6.07) is 19.9. The van der Waals surface area contributed by atoms with E-state index in [1.165, 1.54) is 0 Å². The highest BCUT2D eigenvalue weighted by molar-refractivity contribution is 6.46. The van der Waals surface area contributed by atoms with Crippen LogP contribution in [-0.4, -0.2) is 35.4 Å². The fourth-order valence-electron chi connectivity index (χ4n) is 4.38. The van der Waals surface area contributed by atoms with Gasteiger partial charge in [-0.15, -0.1) is 0 Å². The zero-order valence-electron chi connectivity index (χ0n) is 18.4. The summed E-state index contributed by atoms with van der Waals surface area (Å²) in [5.41, 5.74) is 1.40. The van der Waals surface area contributed by atoms with Crippen molar-refractivity contribution in [2.24, 2.45) is 0 Å². The minimum absolute atomic E-state index is 0.121. The van der Waals surface area contributed by atoms with E-state index < -0.39 is 17.7 Å². The van der Waals surface area contributed by atoms with E-state index in [-0.39, 0.29) is 11.3 Å². The first kappa shape index (κ1) is 21.6. The zero-order valence-corrected chi connectivity index (χ0v) is 18.4. The lowest BCUT2D eigenvalue weighted by Gasteiger charge is -2.25. The normalized spacial score (nSPS) is 17.8. The van der Waals surface area contributed by atoms with E-state index in [1.54, 1.807) is 18.1 Å². The Morgan fingerprint density at radius 3 is 2.53 bits per heavy atom. The van der Waals surface area contributed by atoms with Gasteiger partial charge >= 0.3 is 0 Å². The number of ketones is 1. The van der Waals surface area contributed by atoms with Crippen molar-refractivity contribution >= 4 is 28.2 Å². The molecule has 5 heteroatoms. The van der Waals surface area contributed by atoms with Gasteiger partial charge in [-0.3, -0.25) is 9.59 Å². The lowest BCUT2D eigenvalue weighted by Crippen LogP contribution is -2.30. The van der Waals surface area contributed by atoms with Crippen LogP contribution in [0.2, 0.25) is 0 Å². The van der Waals surface area contributed by atoms with E-state index in [0.29, 0.717) is 17.9 Å². The third kappa shape index (κ3) is 3.86. The first-order chi connectivity index (χ1) is 15.6. The van der Waals surface area contributed by atoms with Gasteiger partial charge in [0.05, 0.1) is 18.7 Å². The van der Waals surface area contributed by atoms with Gasteiger partial charge in [-0.25, -0.2) is 0 Å². The molecule has 0 bridgehead atoms. The molecular formula is C27H27NO4. The van der Waals surface area contributed by atoms with E-state index in [4.69, 9.17) is 4.74 Å². The number of benzene rings is 3. The maximum Gasteiger partial charge on any atom is 0.295 e. The number of hydrogen-bond acceptors (Lipinski definition) is 4. The van der Waals surface area contributed by atoms with Gasteiger partial charge in [0.25, 0.3) is 11.7 Å². The van der Waals surface area contributed by atoms with Crippen LogP contribution in [0.4, 0.5) is 0 Å². The van der Waals surface area contributed by atoms with Crippen molar-refractivity contribution < 1.29 is 19.4 Å². The Morgan fingerprint density at radius 2 is 1.75 bits per heavy atom. The summed E-state index contributed by atoms with van der Waals surface area (Å²) in [4.78, 5) is 27.8. The predicted octanol–water partition coefficient (Wildman–Crippen LogP) is 5.46. The highest BCUT2D eigenvalue weighted by Gasteiger charge is 2.46. The van der Waals surface area contributed by atoms with Gasteiger partial charge in [0.1, 0.15) is 11.5 Å². The van der Waals surface area contributed by atoms with Crippen molar-refractivity contribution in [1.82, 2.24) is 4.90 Å².